The number of aliphatic hydroxyl groups excluding tert-OH is 1. The summed E-state index contributed by atoms with van der Waals surface area (Å²) in [4.78, 5) is 11.7. The van der Waals surface area contributed by atoms with E-state index in [4.69, 9.17) is 0 Å². The van der Waals surface area contributed by atoms with Gasteiger partial charge in [0.1, 0.15) is 23.0 Å². The minimum atomic E-state index is -1.29. The molecule has 0 radical (unpaired) electrons. The predicted octanol–water partition coefficient (Wildman–Crippen LogP) is 2.57. The zero-order chi connectivity index (χ0) is 15.4. The molecular formula is C15H12F3NO2. The summed E-state index contributed by atoms with van der Waals surface area (Å²) in [6, 6.07) is 9.32. The molecule has 1 unspecified atom stereocenters. The van der Waals surface area contributed by atoms with E-state index in [0.29, 0.717) is 17.7 Å². The van der Waals surface area contributed by atoms with E-state index in [1.54, 1.807) is 30.3 Å². The molecule has 0 spiro atoms. The summed E-state index contributed by atoms with van der Waals surface area (Å²) in [5.74, 6) is -4.75. The van der Waals surface area contributed by atoms with Gasteiger partial charge in [0.05, 0.1) is 6.10 Å². The predicted molar refractivity (Wildman–Crippen MR) is 70.1 cm³/mol. The molecule has 0 aliphatic heterocycles. The molecule has 2 aromatic rings. The molecule has 6 heteroatoms. The standard InChI is InChI=1S/C15H12F3NO2/c16-10-6-11(17)14(12(18)7-10)15(21)19-8-13(20)9-4-2-1-3-5-9/h1-7,13,20H,8H2,(H,19,21). The molecule has 110 valence electrons. The highest BCUT2D eigenvalue weighted by atomic mass is 19.1. The van der Waals surface area contributed by atoms with Gasteiger partial charge in [0.15, 0.2) is 0 Å². The Bertz CT molecular complexity index is 624. The number of nitrogens with one attached hydrogen (secondary N) is 1. The van der Waals surface area contributed by atoms with Gasteiger partial charge in [-0.2, -0.15) is 0 Å². The number of halogens is 3. The summed E-state index contributed by atoms with van der Waals surface area (Å²) in [7, 11) is 0. The van der Waals surface area contributed by atoms with E-state index in [-0.39, 0.29) is 6.54 Å². The fraction of sp³-hybridized carbons (Fsp3) is 0.133. The monoisotopic (exact) mass is 295 g/mol. The molecule has 2 rings (SSSR count). The van der Waals surface area contributed by atoms with Crippen LogP contribution in [0, 0.1) is 17.5 Å². The third-order valence-electron chi connectivity index (χ3n) is 2.87. The van der Waals surface area contributed by atoms with Crippen LogP contribution in [0.4, 0.5) is 13.2 Å². The summed E-state index contributed by atoms with van der Waals surface area (Å²) < 4.78 is 39.6. The van der Waals surface area contributed by atoms with E-state index in [0.717, 1.165) is 0 Å². The van der Waals surface area contributed by atoms with E-state index in [9.17, 15) is 23.1 Å². The molecule has 0 aliphatic carbocycles. The Morgan fingerprint density at radius 2 is 1.67 bits per heavy atom. The van der Waals surface area contributed by atoms with Crippen LogP contribution >= 0.6 is 0 Å². The molecule has 0 saturated heterocycles. The summed E-state index contributed by atoms with van der Waals surface area (Å²) in [6.45, 7) is -0.223. The number of rotatable bonds is 4. The summed E-state index contributed by atoms with van der Waals surface area (Å²) in [5, 5.41) is 12.0. The highest BCUT2D eigenvalue weighted by Gasteiger charge is 2.19. The van der Waals surface area contributed by atoms with Gasteiger partial charge in [-0.15, -0.1) is 0 Å². The Hall–Kier alpha value is -2.34. The van der Waals surface area contributed by atoms with Gasteiger partial charge in [-0.3, -0.25) is 4.79 Å². The number of benzene rings is 2. The minimum absolute atomic E-state index is 0.223. The van der Waals surface area contributed by atoms with Crippen LogP contribution in [0.3, 0.4) is 0 Å². The number of carbonyl (C=O) groups is 1. The first-order valence-corrected chi connectivity index (χ1v) is 6.15. The molecule has 0 aliphatic rings. The van der Waals surface area contributed by atoms with Gasteiger partial charge in [-0.25, -0.2) is 13.2 Å². The number of aliphatic hydroxyl groups is 1. The molecule has 0 aromatic heterocycles. The normalized spacial score (nSPS) is 12.0. The van der Waals surface area contributed by atoms with Crippen LogP contribution in [0.2, 0.25) is 0 Å². The molecule has 1 amide bonds. The van der Waals surface area contributed by atoms with Crippen LogP contribution in [0.5, 0.6) is 0 Å². The first-order chi connectivity index (χ1) is 9.99. The lowest BCUT2D eigenvalue weighted by Gasteiger charge is -2.12. The second-order valence-electron chi connectivity index (χ2n) is 4.38. The van der Waals surface area contributed by atoms with Gasteiger partial charge in [-0.05, 0) is 5.56 Å². The van der Waals surface area contributed by atoms with E-state index >= 15 is 0 Å². The van der Waals surface area contributed by atoms with Gasteiger partial charge in [0.2, 0.25) is 0 Å². The van der Waals surface area contributed by atoms with Crippen LogP contribution in [0.15, 0.2) is 42.5 Å². The lowest BCUT2D eigenvalue weighted by molar-refractivity contribution is 0.0907. The summed E-state index contributed by atoms with van der Waals surface area (Å²) >= 11 is 0. The SMILES string of the molecule is O=C(NCC(O)c1ccccc1)c1c(F)cc(F)cc1F. The van der Waals surface area contributed by atoms with Gasteiger partial charge in [-0.1, -0.05) is 30.3 Å². The van der Waals surface area contributed by atoms with Crippen LogP contribution in [-0.2, 0) is 0 Å². The highest BCUT2D eigenvalue weighted by Crippen LogP contribution is 2.15. The van der Waals surface area contributed by atoms with E-state index in [1.165, 1.54) is 0 Å². The third-order valence-corrected chi connectivity index (χ3v) is 2.87. The van der Waals surface area contributed by atoms with Gasteiger partial charge in [0, 0.05) is 18.7 Å². The molecule has 2 N–H and O–H groups in total. The molecule has 21 heavy (non-hydrogen) atoms. The number of hydrogen-bond acceptors (Lipinski definition) is 2. The van der Waals surface area contributed by atoms with Crippen LogP contribution in [0.25, 0.3) is 0 Å². The van der Waals surface area contributed by atoms with Gasteiger partial charge < -0.3 is 10.4 Å². The van der Waals surface area contributed by atoms with Gasteiger partial charge >= 0.3 is 0 Å². The Balaban J connectivity index is 2.06. The van der Waals surface area contributed by atoms with Crippen molar-refractivity contribution in [2.24, 2.45) is 0 Å². The lowest BCUT2D eigenvalue weighted by Crippen LogP contribution is -2.30. The van der Waals surface area contributed by atoms with Crippen molar-refractivity contribution in [3.05, 3.63) is 71.0 Å². The summed E-state index contributed by atoms with van der Waals surface area (Å²) in [5.41, 5.74) is -0.325. The molecule has 0 heterocycles. The Morgan fingerprint density at radius 3 is 2.24 bits per heavy atom. The van der Waals surface area contributed by atoms with Crippen LogP contribution in [-0.4, -0.2) is 17.6 Å². The van der Waals surface area contributed by atoms with Crippen LogP contribution in [0.1, 0.15) is 22.0 Å². The first-order valence-electron chi connectivity index (χ1n) is 6.15. The molecular weight excluding hydrogens is 283 g/mol. The van der Waals surface area contributed by atoms with E-state index in [1.807, 2.05) is 0 Å². The average molecular weight is 295 g/mol. The second kappa shape index (κ2) is 6.41. The fourth-order valence-electron chi connectivity index (χ4n) is 1.83. The maximum absolute atomic E-state index is 13.4. The number of amides is 1. The lowest BCUT2D eigenvalue weighted by atomic mass is 10.1. The van der Waals surface area contributed by atoms with Gasteiger partial charge in [0.25, 0.3) is 5.91 Å². The minimum Gasteiger partial charge on any atom is -0.387 e. The van der Waals surface area contributed by atoms with Crippen LogP contribution < -0.4 is 5.32 Å². The zero-order valence-electron chi connectivity index (χ0n) is 10.8. The number of hydrogen-bond donors (Lipinski definition) is 2. The van der Waals surface area contributed by atoms with Crippen molar-refractivity contribution in [3.63, 3.8) is 0 Å². The number of carbonyl (C=O) groups excluding carboxylic acids is 1. The average Bonchev–Trinajstić information content (AvgIpc) is 2.44. The van der Waals surface area contributed by atoms with Crippen molar-refractivity contribution in [3.8, 4) is 0 Å². The van der Waals surface area contributed by atoms with Crippen molar-refractivity contribution in [2.75, 3.05) is 6.54 Å². The van der Waals surface area contributed by atoms with Crippen molar-refractivity contribution in [2.45, 2.75) is 6.10 Å². The Morgan fingerprint density at radius 1 is 1.10 bits per heavy atom. The topological polar surface area (TPSA) is 49.3 Å². The summed E-state index contributed by atoms with van der Waals surface area (Å²) in [6.07, 6.45) is -1.01. The second-order valence-corrected chi connectivity index (χ2v) is 4.38. The largest absolute Gasteiger partial charge is 0.387 e. The maximum atomic E-state index is 13.4. The molecule has 1 atom stereocenters. The molecule has 2 aromatic carbocycles. The quantitative estimate of drug-likeness (QED) is 0.911. The highest BCUT2D eigenvalue weighted by molar-refractivity contribution is 5.94. The molecule has 3 nitrogen and oxygen atoms in total. The van der Waals surface area contributed by atoms with Crippen molar-refractivity contribution in [1.29, 1.82) is 0 Å². The van der Waals surface area contributed by atoms with Crippen molar-refractivity contribution < 1.29 is 23.1 Å². The van der Waals surface area contributed by atoms with Crippen molar-refractivity contribution in [1.82, 2.24) is 5.32 Å². The first kappa shape index (κ1) is 15.1. The van der Waals surface area contributed by atoms with Crippen molar-refractivity contribution >= 4 is 5.91 Å². The molecule has 0 fully saturated rings. The maximum Gasteiger partial charge on any atom is 0.257 e. The zero-order valence-corrected chi connectivity index (χ0v) is 10.8. The van der Waals surface area contributed by atoms with E-state index in [2.05, 4.69) is 5.32 Å². The Labute approximate surface area is 119 Å². The molecule has 0 bridgehead atoms. The van der Waals surface area contributed by atoms with E-state index < -0.39 is 35.0 Å². The smallest absolute Gasteiger partial charge is 0.257 e. The fourth-order valence-corrected chi connectivity index (χ4v) is 1.83. The third kappa shape index (κ3) is 3.61. The molecule has 0 saturated carbocycles. The Kier molecular flexibility index (Phi) is 4.59.